The molecule has 7 nitrogen and oxygen atoms in total. The number of thiophene rings is 1. The Morgan fingerprint density at radius 2 is 2.07 bits per heavy atom. The van der Waals surface area contributed by atoms with Crippen LogP contribution in [0.4, 0.5) is 5.00 Å². The molecule has 0 aromatic carbocycles. The van der Waals surface area contributed by atoms with Gasteiger partial charge in [0.15, 0.2) is 0 Å². The van der Waals surface area contributed by atoms with E-state index in [0.717, 1.165) is 49.0 Å². The molecule has 1 aliphatic rings. The van der Waals surface area contributed by atoms with Gasteiger partial charge in [-0.15, -0.1) is 11.3 Å². The lowest BCUT2D eigenvalue weighted by molar-refractivity contribution is -0.117. The van der Waals surface area contributed by atoms with Crippen molar-refractivity contribution in [2.45, 2.75) is 72.6 Å². The Balaban J connectivity index is 1.70. The second-order valence-electron chi connectivity index (χ2n) is 8.16. The quantitative estimate of drug-likeness (QED) is 0.643. The van der Waals surface area contributed by atoms with Crippen LogP contribution in [0.2, 0.25) is 0 Å². The zero-order valence-electron chi connectivity index (χ0n) is 18.6. The van der Waals surface area contributed by atoms with Gasteiger partial charge in [-0.1, -0.05) is 0 Å². The zero-order valence-corrected chi connectivity index (χ0v) is 19.4. The van der Waals surface area contributed by atoms with Gasteiger partial charge in [-0.25, -0.2) is 4.79 Å². The Labute approximate surface area is 182 Å². The largest absolute Gasteiger partial charge is 0.459 e. The lowest BCUT2D eigenvalue weighted by Gasteiger charge is -2.17. The molecule has 0 atom stereocenters. The van der Waals surface area contributed by atoms with Gasteiger partial charge in [0.25, 0.3) is 0 Å². The number of ether oxygens (including phenoxy) is 1. The van der Waals surface area contributed by atoms with Gasteiger partial charge in [0.1, 0.15) is 5.00 Å². The second kappa shape index (κ2) is 9.75. The third-order valence-electron chi connectivity index (χ3n) is 5.33. The number of likely N-dealkylation sites (N-methyl/N-ethyl adjacent to an activating group) is 1. The van der Waals surface area contributed by atoms with Crippen molar-refractivity contribution >= 4 is 28.2 Å². The van der Waals surface area contributed by atoms with Crippen LogP contribution >= 0.6 is 11.3 Å². The van der Waals surface area contributed by atoms with Crippen LogP contribution in [0.15, 0.2) is 6.20 Å². The normalized spacial score (nSPS) is 13.6. The number of esters is 1. The number of nitrogens with zero attached hydrogens (tertiary/aromatic N) is 3. The van der Waals surface area contributed by atoms with Crippen molar-refractivity contribution in [2.75, 3.05) is 18.9 Å². The van der Waals surface area contributed by atoms with Crippen LogP contribution in [0.1, 0.15) is 65.7 Å². The summed E-state index contributed by atoms with van der Waals surface area (Å²) in [5.41, 5.74) is 3.84. The Morgan fingerprint density at radius 1 is 1.33 bits per heavy atom. The first-order chi connectivity index (χ1) is 14.3. The Kier molecular flexibility index (Phi) is 7.31. The average molecular weight is 433 g/mol. The van der Waals surface area contributed by atoms with E-state index in [1.165, 1.54) is 16.2 Å². The van der Waals surface area contributed by atoms with Gasteiger partial charge in [-0.05, 0) is 66.0 Å². The molecule has 3 rings (SSSR count). The molecule has 1 aliphatic carbocycles. The molecule has 30 heavy (non-hydrogen) atoms. The molecule has 2 heterocycles. The van der Waals surface area contributed by atoms with Crippen molar-refractivity contribution in [3.8, 4) is 0 Å². The molecule has 1 amide bonds. The van der Waals surface area contributed by atoms with Gasteiger partial charge in [-0.2, -0.15) is 5.10 Å². The van der Waals surface area contributed by atoms with Crippen LogP contribution in [-0.2, 0) is 35.5 Å². The Morgan fingerprint density at radius 3 is 2.73 bits per heavy atom. The van der Waals surface area contributed by atoms with E-state index in [-0.39, 0.29) is 24.5 Å². The number of rotatable bonds is 8. The number of hydrogen-bond donors (Lipinski definition) is 1. The number of carbonyl (C=O) groups is 2. The Hall–Kier alpha value is -2.19. The van der Waals surface area contributed by atoms with Crippen LogP contribution < -0.4 is 5.32 Å². The van der Waals surface area contributed by atoms with Crippen molar-refractivity contribution in [3.05, 3.63) is 33.5 Å². The number of carbonyl (C=O) groups excluding carboxylic acids is 2. The summed E-state index contributed by atoms with van der Waals surface area (Å²) < 4.78 is 7.42. The van der Waals surface area contributed by atoms with Gasteiger partial charge < -0.3 is 10.1 Å². The summed E-state index contributed by atoms with van der Waals surface area (Å²) >= 11 is 1.52. The van der Waals surface area contributed by atoms with Crippen LogP contribution in [0.3, 0.4) is 0 Å². The molecule has 2 aromatic rings. The summed E-state index contributed by atoms with van der Waals surface area (Å²) in [5, 5.41) is 7.98. The van der Waals surface area contributed by atoms with E-state index in [1.54, 1.807) is 0 Å². The van der Waals surface area contributed by atoms with Crippen molar-refractivity contribution in [2.24, 2.45) is 0 Å². The summed E-state index contributed by atoms with van der Waals surface area (Å²) in [6.45, 7) is 9.49. The predicted molar refractivity (Wildman–Crippen MR) is 119 cm³/mol. The van der Waals surface area contributed by atoms with E-state index in [4.69, 9.17) is 4.74 Å². The standard InChI is InChI=1S/C22H32N4O3S/c1-6-26-15(4)16(11-23-26)12-25(5)13-19(27)24-21-20(22(28)29-14(2)3)17-9-7-8-10-18(17)30-21/h11,14H,6-10,12-13H2,1-5H3,(H,24,27). The van der Waals surface area contributed by atoms with Crippen molar-refractivity contribution in [1.29, 1.82) is 0 Å². The summed E-state index contributed by atoms with van der Waals surface area (Å²) in [4.78, 5) is 28.6. The highest BCUT2D eigenvalue weighted by atomic mass is 32.1. The maximum absolute atomic E-state index is 12.8. The molecule has 2 aromatic heterocycles. The summed E-state index contributed by atoms with van der Waals surface area (Å²) in [7, 11) is 1.91. The molecule has 1 N–H and O–H groups in total. The summed E-state index contributed by atoms with van der Waals surface area (Å²) in [6.07, 6.45) is 5.67. The van der Waals surface area contributed by atoms with Gasteiger partial charge in [0, 0.05) is 29.2 Å². The van der Waals surface area contributed by atoms with E-state index in [2.05, 4.69) is 17.3 Å². The fourth-order valence-corrected chi connectivity index (χ4v) is 5.15. The third kappa shape index (κ3) is 5.10. The molecule has 0 aliphatic heterocycles. The smallest absolute Gasteiger partial charge is 0.341 e. The van der Waals surface area contributed by atoms with Crippen LogP contribution in [0, 0.1) is 6.92 Å². The van der Waals surface area contributed by atoms with E-state index < -0.39 is 0 Å². The Bertz CT molecular complexity index is 916. The van der Waals surface area contributed by atoms with Gasteiger partial charge in [-0.3, -0.25) is 14.4 Å². The fraction of sp³-hybridized carbons (Fsp3) is 0.591. The summed E-state index contributed by atoms with van der Waals surface area (Å²) in [5.74, 6) is -0.467. The molecule has 0 spiro atoms. The lowest BCUT2D eigenvalue weighted by Crippen LogP contribution is -2.30. The maximum atomic E-state index is 12.8. The number of aromatic nitrogens is 2. The van der Waals surface area contributed by atoms with Crippen molar-refractivity contribution in [1.82, 2.24) is 14.7 Å². The number of nitrogens with one attached hydrogen (secondary N) is 1. The molecule has 0 radical (unpaired) electrons. The summed E-state index contributed by atoms with van der Waals surface area (Å²) in [6, 6.07) is 0. The topological polar surface area (TPSA) is 76.5 Å². The van der Waals surface area contributed by atoms with Crippen molar-refractivity contribution < 1.29 is 14.3 Å². The van der Waals surface area contributed by atoms with Crippen LogP contribution in [0.25, 0.3) is 0 Å². The average Bonchev–Trinajstić information content (AvgIpc) is 3.20. The highest BCUT2D eigenvalue weighted by Crippen LogP contribution is 2.38. The molecule has 8 heteroatoms. The lowest BCUT2D eigenvalue weighted by atomic mass is 9.95. The SMILES string of the molecule is CCn1ncc(CN(C)CC(=O)Nc2sc3c(c2C(=O)OC(C)C)CCCC3)c1C. The molecule has 0 fully saturated rings. The molecule has 0 bridgehead atoms. The van der Waals surface area contributed by atoms with Crippen LogP contribution in [-0.4, -0.2) is 46.3 Å². The molecular formula is C22H32N4O3S. The number of hydrogen-bond acceptors (Lipinski definition) is 6. The third-order valence-corrected chi connectivity index (χ3v) is 6.54. The number of fused-ring (bicyclic) bond motifs is 1. The fourth-order valence-electron chi connectivity index (χ4n) is 3.86. The maximum Gasteiger partial charge on any atom is 0.341 e. The first kappa shape index (κ1) is 22.5. The van der Waals surface area contributed by atoms with E-state index in [1.807, 2.05) is 43.6 Å². The van der Waals surface area contributed by atoms with E-state index in [9.17, 15) is 9.59 Å². The molecule has 0 saturated heterocycles. The molecule has 0 unspecified atom stereocenters. The minimum Gasteiger partial charge on any atom is -0.459 e. The van der Waals surface area contributed by atoms with Gasteiger partial charge in [0.05, 0.1) is 24.4 Å². The van der Waals surface area contributed by atoms with Gasteiger partial charge >= 0.3 is 5.97 Å². The first-order valence-electron chi connectivity index (χ1n) is 10.6. The minimum atomic E-state index is -0.337. The number of anilines is 1. The van der Waals surface area contributed by atoms with Gasteiger partial charge in [0.2, 0.25) is 5.91 Å². The molecule has 164 valence electrons. The highest BCUT2D eigenvalue weighted by Gasteiger charge is 2.28. The first-order valence-corrected chi connectivity index (χ1v) is 11.5. The molecular weight excluding hydrogens is 400 g/mol. The zero-order chi connectivity index (χ0) is 21.8. The highest BCUT2D eigenvalue weighted by molar-refractivity contribution is 7.17. The minimum absolute atomic E-state index is 0.129. The van der Waals surface area contributed by atoms with E-state index in [0.29, 0.717) is 17.1 Å². The number of aryl methyl sites for hydroxylation is 2. The van der Waals surface area contributed by atoms with Crippen LogP contribution in [0.5, 0.6) is 0 Å². The van der Waals surface area contributed by atoms with E-state index >= 15 is 0 Å². The predicted octanol–water partition coefficient (Wildman–Crippen LogP) is 3.79. The molecule has 0 saturated carbocycles. The number of amides is 1. The van der Waals surface area contributed by atoms with Crippen molar-refractivity contribution in [3.63, 3.8) is 0 Å². The second-order valence-corrected chi connectivity index (χ2v) is 9.27. The monoisotopic (exact) mass is 432 g/mol.